The summed E-state index contributed by atoms with van der Waals surface area (Å²) < 4.78 is 6.59. The Labute approximate surface area is 365 Å². The largest absolute Gasteiger partial charge is 0.456 e. The average molecular weight is 807 g/mol. The summed E-state index contributed by atoms with van der Waals surface area (Å²) in [6.07, 6.45) is 5.79. The molecule has 0 bridgehead atoms. The minimum Gasteiger partial charge on any atom is -0.456 e. The second-order valence-corrected chi connectivity index (χ2v) is 15.8. The van der Waals surface area contributed by atoms with Crippen LogP contribution in [0.3, 0.4) is 0 Å². The normalized spacial score (nSPS) is 12.5. The lowest BCUT2D eigenvalue weighted by Crippen LogP contribution is -2.04. The van der Waals surface area contributed by atoms with Gasteiger partial charge in [-0.2, -0.15) is 5.26 Å². The fraction of sp³-hybridized carbons (Fsp3) is 0.0345. The van der Waals surface area contributed by atoms with Crippen LogP contribution < -0.4 is 0 Å². The maximum atomic E-state index is 9.51. The van der Waals surface area contributed by atoms with Crippen molar-refractivity contribution in [3.63, 3.8) is 0 Å². The molecule has 0 radical (unpaired) electrons. The molecule has 11 rings (SSSR count). The van der Waals surface area contributed by atoms with Gasteiger partial charge in [-0.3, -0.25) is 0 Å². The molecule has 0 unspecified atom stereocenters. The Morgan fingerprint density at radius 2 is 0.889 bits per heavy atom. The van der Waals surface area contributed by atoms with E-state index >= 15 is 0 Å². The van der Waals surface area contributed by atoms with Gasteiger partial charge >= 0.3 is 0 Å². The van der Waals surface area contributed by atoms with E-state index in [2.05, 4.69) is 176 Å². The summed E-state index contributed by atoms with van der Waals surface area (Å²) in [7, 11) is 0. The van der Waals surface area contributed by atoms with E-state index in [1.807, 2.05) is 36.4 Å². The molecular formula is C58H38N4O. The number of nitrogens with zero attached hydrogens (tertiary/aromatic N) is 4. The van der Waals surface area contributed by atoms with Crippen molar-refractivity contribution in [1.82, 2.24) is 15.0 Å². The zero-order valence-electron chi connectivity index (χ0n) is 34.2. The summed E-state index contributed by atoms with van der Waals surface area (Å²) in [5, 5.41) is 11.6. The van der Waals surface area contributed by atoms with Crippen molar-refractivity contribution >= 4 is 33.1 Å². The van der Waals surface area contributed by atoms with Crippen molar-refractivity contribution in [3.8, 4) is 73.4 Å². The van der Waals surface area contributed by atoms with Crippen LogP contribution in [0.5, 0.6) is 0 Å². The molecule has 2 heterocycles. The molecule has 0 atom stereocenters. The molecule has 1 aliphatic rings. The molecule has 8 aromatic carbocycles. The Hall–Kier alpha value is -8.46. The van der Waals surface area contributed by atoms with Crippen LogP contribution in [-0.4, -0.2) is 15.0 Å². The van der Waals surface area contributed by atoms with Crippen LogP contribution >= 0.6 is 0 Å². The van der Waals surface area contributed by atoms with Crippen LogP contribution in [0.4, 0.5) is 0 Å². The van der Waals surface area contributed by atoms with Crippen molar-refractivity contribution in [2.75, 3.05) is 0 Å². The molecule has 2 aromatic heterocycles. The lowest BCUT2D eigenvalue weighted by Gasteiger charge is -2.16. The number of hydrogen-bond donors (Lipinski definition) is 0. The second-order valence-electron chi connectivity index (χ2n) is 15.8. The Balaban J connectivity index is 0.987. The molecule has 0 saturated heterocycles. The molecule has 1 aliphatic carbocycles. The smallest absolute Gasteiger partial charge is 0.164 e. The van der Waals surface area contributed by atoms with Crippen molar-refractivity contribution in [2.24, 2.45) is 0 Å². The van der Waals surface area contributed by atoms with Gasteiger partial charge < -0.3 is 4.42 Å². The Bertz CT molecular complexity index is 3430. The van der Waals surface area contributed by atoms with E-state index in [0.717, 1.165) is 79.3 Å². The first kappa shape index (κ1) is 37.5. The van der Waals surface area contributed by atoms with Crippen LogP contribution in [0.15, 0.2) is 211 Å². The molecule has 0 spiro atoms. The summed E-state index contributed by atoms with van der Waals surface area (Å²) in [4.78, 5) is 15.5. The van der Waals surface area contributed by atoms with Gasteiger partial charge in [0.15, 0.2) is 17.5 Å². The summed E-state index contributed by atoms with van der Waals surface area (Å²) in [5.41, 5.74) is 16.4. The molecule has 5 heteroatoms. The average Bonchev–Trinajstić information content (AvgIpc) is 3.75. The lowest BCUT2D eigenvalue weighted by atomic mass is 9.92. The molecule has 10 aromatic rings. The number of aromatic nitrogens is 3. The highest BCUT2D eigenvalue weighted by atomic mass is 16.3. The molecule has 0 N–H and O–H groups in total. The Morgan fingerprint density at radius 3 is 1.56 bits per heavy atom. The molecule has 63 heavy (non-hydrogen) atoms. The van der Waals surface area contributed by atoms with E-state index in [-0.39, 0.29) is 0 Å². The van der Waals surface area contributed by atoms with Crippen molar-refractivity contribution in [2.45, 2.75) is 12.8 Å². The third kappa shape index (κ3) is 7.41. The summed E-state index contributed by atoms with van der Waals surface area (Å²) in [5.74, 6) is 1.81. The van der Waals surface area contributed by atoms with Crippen LogP contribution in [0, 0.1) is 11.3 Å². The monoisotopic (exact) mass is 806 g/mol. The number of hydrogen-bond acceptors (Lipinski definition) is 5. The van der Waals surface area contributed by atoms with E-state index in [0.29, 0.717) is 23.0 Å². The molecular weight excluding hydrogens is 769 g/mol. The van der Waals surface area contributed by atoms with Gasteiger partial charge in [-0.25, -0.2) is 15.0 Å². The van der Waals surface area contributed by atoms with Crippen LogP contribution in [0.1, 0.15) is 29.8 Å². The van der Waals surface area contributed by atoms with E-state index in [1.54, 1.807) is 0 Å². The lowest BCUT2D eigenvalue weighted by molar-refractivity contribution is 0.669. The standard InChI is InChI=1S/C58H38N4O/c59-37-38-10-7-15-47(34-38)43-26-30-46(31-27-43)56-60-57(49-17-8-16-48(35-49)44-22-20-41(21-23-44)39-11-3-1-4-12-39)62-58(61-56)50-32-33-52-54(36-50)63-53-19-9-18-51(55(52)53)45-28-24-42(25-29-45)40-13-5-2-6-14-40/h1-26,28-30,32-36H,27,31H2. The number of rotatable bonds is 8. The Morgan fingerprint density at radius 1 is 0.381 bits per heavy atom. The van der Waals surface area contributed by atoms with Gasteiger partial charge in [0, 0.05) is 21.9 Å². The molecule has 0 saturated carbocycles. The third-order valence-corrected chi connectivity index (χ3v) is 11.9. The fourth-order valence-electron chi connectivity index (χ4n) is 8.63. The van der Waals surface area contributed by atoms with E-state index in [4.69, 9.17) is 19.4 Å². The highest BCUT2D eigenvalue weighted by Crippen LogP contribution is 2.39. The van der Waals surface area contributed by atoms with Gasteiger partial charge in [0.25, 0.3) is 0 Å². The second kappa shape index (κ2) is 16.2. The number of furan rings is 1. The number of benzene rings is 8. The summed E-state index contributed by atoms with van der Waals surface area (Å²) in [6.45, 7) is 0. The zero-order valence-corrected chi connectivity index (χ0v) is 34.2. The summed E-state index contributed by atoms with van der Waals surface area (Å²) in [6, 6.07) is 69.3. The van der Waals surface area contributed by atoms with Gasteiger partial charge in [0.1, 0.15) is 11.2 Å². The van der Waals surface area contributed by atoms with E-state index < -0.39 is 0 Å². The maximum Gasteiger partial charge on any atom is 0.164 e. The summed E-state index contributed by atoms with van der Waals surface area (Å²) >= 11 is 0. The van der Waals surface area contributed by atoms with Gasteiger partial charge in [0.2, 0.25) is 0 Å². The number of fused-ring (bicyclic) bond motifs is 3. The first-order chi connectivity index (χ1) is 31.1. The molecule has 0 aliphatic heterocycles. The zero-order chi connectivity index (χ0) is 42.1. The van der Waals surface area contributed by atoms with Crippen LogP contribution in [0.2, 0.25) is 0 Å². The van der Waals surface area contributed by atoms with E-state index in [1.165, 1.54) is 27.8 Å². The van der Waals surface area contributed by atoms with Crippen LogP contribution in [-0.2, 0) is 0 Å². The maximum absolute atomic E-state index is 9.51. The first-order valence-corrected chi connectivity index (χ1v) is 21.2. The molecule has 296 valence electrons. The van der Waals surface area contributed by atoms with E-state index in [9.17, 15) is 5.26 Å². The Kier molecular flexibility index (Phi) is 9.65. The van der Waals surface area contributed by atoms with Crippen LogP contribution in [0.25, 0.3) is 100 Å². The molecule has 0 amide bonds. The topological polar surface area (TPSA) is 75.6 Å². The fourth-order valence-corrected chi connectivity index (χ4v) is 8.63. The SMILES string of the molecule is N#Cc1cccc(C2=CC=C(c3nc(-c4cccc(-c5ccc(-c6ccccc6)cc5)c4)nc(-c4ccc5c(c4)oc4cccc(-c6ccc(-c7ccccc7)cc6)c45)n3)CC2)c1. The number of allylic oxidation sites excluding steroid dienone is 4. The van der Waals surface area contributed by atoms with Crippen molar-refractivity contribution in [1.29, 1.82) is 5.26 Å². The highest BCUT2D eigenvalue weighted by Gasteiger charge is 2.19. The molecule has 0 fully saturated rings. The van der Waals surface area contributed by atoms with Gasteiger partial charge in [0.05, 0.1) is 11.6 Å². The van der Waals surface area contributed by atoms with Crippen molar-refractivity contribution < 1.29 is 4.42 Å². The number of nitriles is 1. The minimum atomic E-state index is 0.573. The van der Waals surface area contributed by atoms with Gasteiger partial charge in [-0.15, -0.1) is 0 Å². The van der Waals surface area contributed by atoms with Gasteiger partial charge in [-0.05, 0) is 110 Å². The molecule has 5 nitrogen and oxygen atoms in total. The predicted molar refractivity (Wildman–Crippen MR) is 256 cm³/mol. The minimum absolute atomic E-state index is 0.573. The highest BCUT2D eigenvalue weighted by molar-refractivity contribution is 6.13. The van der Waals surface area contributed by atoms with Gasteiger partial charge in [-0.1, -0.05) is 170 Å². The quantitative estimate of drug-likeness (QED) is 0.153. The predicted octanol–water partition coefficient (Wildman–Crippen LogP) is 14.9. The third-order valence-electron chi connectivity index (χ3n) is 11.9. The first-order valence-electron chi connectivity index (χ1n) is 21.2. The van der Waals surface area contributed by atoms with Crippen molar-refractivity contribution in [3.05, 3.63) is 223 Å².